The van der Waals surface area contributed by atoms with Crippen molar-refractivity contribution in [2.75, 3.05) is 7.11 Å². The molecule has 0 unspecified atom stereocenters. The second-order valence-electron chi connectivity index (χ2n) is 4.67. The van der Waals surface area contributed by atoms with E-state index < -0.39 is 6.03 Å². The topological polar surface area (TPSA) is 85.9 Å². The summed E-state index contributed by atoms with van der Waals surface area (Å²) in [5, 5.41) is 4.39. The standard InChI is InChI=1S/C16H15BrClN3O3/c1-23-14-6-11(8-20-21-16(19)22)13(17)7-15(14)24-9-10-2-4-12(18)5-3-10/h2-8H,9H2,1H3,(H3,19,21,22)/b20-8-. The van der Waals surface area contributed by atoms with Gasteiger partial charge in [0.15, 0.2) is 11.5 Å². The summed E-state index contributed by atoms with van der Waals surface area (Å²) < 4.78 is 11.9. The summed E-state index contributed by atoms with van der Waals surface area (Å²) in [5.41, 5.74) is 8.75. The number of halogens is 2. The smallest absolute Gasteiger partial charge is 0.332 e. The van der Waals surface area contributed by atoms with Gasteiger partial charge in [0.25, 0.3) is 0 Å². The zero-order valence-electron chi connectivity index (χ0n) is 12.8. The Bertz CT molecular complexity index is 751. The van der Waals surface area contributed by atoms with Gasteiger partial charge in [-0.25, -0.2) is 10.2 Å². The first-order valence-corrected chi connectivity index (χ1v) is 8.00. The Morgan fingerprint density at radius 1 is 1.33 bits per heavy atom. The van der Waals surface area contributed by atoms with Crippen LogP contribution in [-0.4, -0.2) is 19.4 Å². The number of amides is 2. The number of nitrogens with two attached hydrogens (primary N) is 1. The molecule has 8 heteroatoms. The van der Waals surface area contributed by atoms with E-state index in [1.807, 2.05) is 12.1 Å². The van der Waals surface area contributed by atoms with Gasteiger partial charge < -0.3 is 15.2 Å². The molecular weight excluding hydrogens is 398 g/mol. The van der Waals surface area contributed by atoms with Crippen molar-refractivity contribution in [2.45, 2.75) is 6.61 Å². The number of hydrogen-bond acceptors (Lipinski definition) is 4. The zero-order valence-corrected chi connectivity index (χ0v) is 15.1. The summed E-state index contributed by atoms with van der Waals surface area (Å²) in [7, 11) is 1.54. The fraction of sp³-hybridized carbons (Fsp3) is 0.125. The van der Waals surface area contributed by atoms with Crippen LogP contribution in [-0.2, 0) is 6.61 Å². The number of methoxy groups -OCH3 is 1. The molecule has 24 heavy (non-hydrogen) atoms. The van der Waals surface area contributed by atoms with Gasteiger partial charge in [-0.05, 0) is 45.8 Å². The van der Waals surface area contributed by atoms with Crippen LogP contribution in [0, 0.1) is 0 Å². The lowest BCUT2D eigenvalue weighted by molar-refractivity contribution is 0.249. The third-order valence-electron chi connectivity index (χ3n) is 2.97. The van der Waals surface area contributed by atoms with E-state index in [9.17, 15) is 4.79 Å². The van der Waals surface area contributed by atoms with Gasteiger partial charge in [0.05, 0.1) is 13.3 Å². The normalized spacial score (nSPS) is 10.6. The first kappa shape index (κ1) is 18.1. The van der Waals surface area contributed by atoms with Gasteiger partial charge in [0.2, 0.25) is 0 Å². The Balaban J connectivity index is 2.15. The summed E-state index contributed by atoms with van der Waals surface area (Å²) >= 11 is 9.29. The molecule has 0 spiro atoms. The molecule has 2 amide bonds. The van der Waals surface area contributed by atoms with E-state index in [-0.39, 0.29) is 0 Å². The second-order valence-corrected chi connectivity index (χ2v) is 5.96. The lowest BCUT2D eigenvalue weighted by atomic mass is 10.2. The number of primary amides is 1. The average molecular weight is 413 g/mol. The average Bonchev–Trinajstić information content (AvgIpc) is 2.55. The van der Waals surface area contributed by atoms with Crippen LogP contribution in [0.25, 0.3) is 0 Å². The molecule has 0 aliphatic carbocycles. The third kappa shape index (κ3) is 5.14. The van der Waals surface area contributed by atoms with E-state index >= 15 is 0 Å². The van der Waals surface area contributed by atoms with Gasteiger partial charge in [0, 0.05) is 15.1 Å². The highest BCUT2D eigenvalue weighted by molar-refractivity contribution is 9.10. The Morgan fingerprint density at radius 3 is 2.67 bits per heavy atom. The van der Waals surface area contributed by atoms with Gasteiger partial charge in [-0.2, -0.15) is 5.10 Å². The van der Waals surface area contributed by atoms with E-state index in [0.29, 0.717) is 28.7 Å². The molecule has 3 N–H and O–H groups in total. The lowest BCUT2D eigenvalue weighted by Crippen LogP contribution is -2.24. The Labute approximate surface area is 152 Å². The molecule has 0 radical (unpaired) electrons. The van der Waals surface area contributed by atoms with Crippen LogP contribution in [0.1, 0.15) is 11.1 Å². The minimum Gasteiger partial charge on any atom is -0.493 e. The fourth-order valence-electron chi connectivity index (χ4n) is 1.83. The molecular formula is C16H15BrClN3O3. The minimum absolute atomic E-state index is 0.372. The monoisotopic (exact) mass is 411 g/mol. The molecule has 0 bridgehead atoms. The van der Waals surface area contributed by atoms with Gasteiger partial charge >= 0.3 is 6.03 Å². The van der Waals surface area contributed by atoms with Crippen molar-refractivity contribution < 1.29 is 14.3 Å². The molecule has 6 nitrogen and oxygen atoms in total. The second kappa shape index (κ2) is 8.56. The van der Waals surface area contributed by atoms with Gasteiger partial charge in [-0.1, -0.05) is 23.7 Å². The SMILES string of the molecule is COc1cc(/C=N\NC(N)=O)c(Br)cc1OCc1ccc(Cl)cc1. The number of carbonyl (C=O) groups excluding carboxylic acids is 1. The highest BCUT2D eigenvalue weighted by atomic mass is 79.9. The first-order chi connectivity index (χ1) is 11.5. The number of carbonyl (C=O) groups is 1. The van der Waals surface area contributed by atoms with Crippen molar-refractivity contribution in [1.82, 2.24) is 5.43 Å². The van der Waals surface area contributed by atoms with Crippen LogP contribution < -0.4 is 20.6 Å². The number of hydrogen-bond donors (Lipinski definition) is 2. The van der Waals surface area contributed by atoms with Crippen molar-refractivity contribution in [1.29, 1.82) is 0 Å². The minimum atomic E-state index is -0.739. The molecule has 0 fully saturated rings. The molecule has 0 aromatic heterocycles. The highest BCUT2D eigenvalue weighted by Crippen LogP contribution is 2.33. The van der Waals surface area contributed by atoms with Crippen molar-refractivity contribution in [2.24, 2.45) is 10.8 Å². The number of benzene rings is 2. The molecule has 0 aliphatic rings. The Hall–Kier alpha value is -2.25. The predicted molar refractivity (Wildman–Crippen MR) is 96.8 cm³/mol. The molecule has 0 heterocycles. The van der Waals surface area contributed by atoms with Crippen LogP contribution >= 0.6 is 27.5 Å². The van der Waals surface area contributed by atoms with Gasteiger partial charge in [-0.15, -0.1) is 0 Å². The summed E-state index contributed by atoms with van der Waals surface area (Å²) in [6, 6.07) is 10.1. The van der Waals surface area contributed by atoms with Crippen molar-refractivity contribution in [3.05, 3.63) is 57.0 Å². The number of hydrazone groups is 1. The largest absolute Gasteiger partial charge is 0.493 e. The van der Waals surface area contributed by atoms with Crippen molar-refractivity contribution in [3.63, 3.8) is 0 Å². The van der Waals surface area contributed by atoms with Crippen molar-refractivity contribution in [3.8, 4) is 11.5 Å². The maximum Gasteiger partial charge on any atom is 0.332 e. The van der Waals surface area contributed by atoms with E-state index in [2.05, 4.69) is 26.5 Å². The Kier molecular flexibility index (Phi) is 6.45. The quantitative estimate of drug-likeness (QED) is 0.560. The van der Waals surface area contributed by atoms with Crippen LogP contribution in [0.5, 0.6) is 11.5 Å². The molecule has 2 aromatic carbocycles. The number of ether oxygens (including phenoxy) is 2. The maximum absolute atomic E-state index is 10.6. The third-order valence-corrected chi connectivity index (χ3v) is 3.91. The number of urea groups is 1. The van der Waals surface area contributed by atoms with Crippen LogP contribution in [0.4, 0.5) is 4.79 Å². The van der Waals surface area contributed by atoms with E-state index in [1.165, 1.54) is 6.21 Å². The van der Waals surface area contributed by atoms with Crippen molar-refractivity contribution >= 4 is 39.8 Å². The highest BCUT2D eigenvalue weighted by Gasteiger charge is 2.10. The van der Waals surface area contributed by atoms with E-state index in [0.717, 1.165) is 10.0 Å². The zero-order chi connectivity index (χ0) is 17.5. The number of rotatable bonds is 6. The summed E-state index contributed by atoms with van der Waals surface area (Å²) in [6.45, 7) is 0.372. The molecule has 126 valence electrons. The molecule has 0 atom stereocenters. The van der Waals surface area contributed by atoms with Crippen LogP contribution in [0.3, 0.4) is 0 Å². The van der Waals surface area contributed by atoms with E-state index in [1.54, 1.807) is 31.4 Å². The van der Waals surface area contributed by atoms with Crippen LogP contribution in [0.2, 0.25) is 5.02 Å². The molecule has 2 rings (SSSR count). The predicted octanol–water partition coefficient (Wildman–Crippen LogP) is 3.69. The molecule has 0 saturated heterocycles. The Morgan fingerprint density at radius 2 is 2.04 bits per heavy atom. The molecule has 0 aliphatic heterocycles. The van der Waals surface area contributed by atoms with Gasteiger partial charge in [-0.3, -0.25) is 0 Å². The number of nitrogens with zero attached hydrogens (tertiary/aromatic N) is 1. The lowest BCUT2D eigenvalue weighted by Gasteiger charge is -2.12. The molecule has 2 aromatic rings. The summed E-state index contributed by atoms with van der Waals surface area (Å²) in [4.78, 5) is 10.6. The summed E-state index contributed by atoms with van der Waals surface area (Å²) in [6.07, 6.45) is 1.44. The van der Waals surface area contributed by atoms with Crippen LogP contribution in [0.15, 0.2) is 46.0 Å². The fourth-order valence-corrected chi connectivity index (χ4v) is 2.38. The summed E-state index contributed by atoms with van der Waals surface area (Å²) in [5.74, 6) is 1.10. The van der Waals surface area contributed by atoms with Gasteiger partial charge in [0.1, 0.15) is 6.61 Å². The maximum atomic E-state index is 10.6. The number of nitrogens with one attached hydrogen (secondary N) is 1. The molecule has 0 saturated carbocycles. The van der Waals surface area contributed by atoms with E-state index in [4.69, 9.17) is 26.8 Å². The first-order valence-electron chi connectivity index (χ1n) is 6.83.